The van der Waals surface area contributed by atoms with Gasteiger partial charge >= 0.3 is 17.9 Å². The van der Waals surface area contributed by atoms with E-state index in [2.05, 4.69) is 69.4 Å². The maximum atomic E-state index is 12.8. The van der Waals surface area contributed by atoms with Crippen LogP contribution in [-0.2, 0) is 28.6 Å². The zero-order valence-corrected chi connectivity index (χ0v) is 50.3. The summed E-state index contributed by atoms with van der Waals surface area (Å²) < 4.78 is 16.9. The van der Waals surface area contributed by atoms with Crippen molar-refractivity contribution in [3.05, 3.63) is 48.6 Å². The van der Waals surface area contributed by atoms with Crippen molar-refractivity contribution in [2.75, 3.05) is 13.2 Å². The average Bonchev–Trinajstić information content (AvgIpc) is 3.41. The molecule has 6 heteroatoms. The topological polar surface area (TPSA) is 78.9 Å². The Bertz CT molecular complexity index is 1300. The molecule has 0 rings (SSSR count). The van der Waals surface area contributed by atoms with Crippen molar-refractivity contribution in [2.45, 2.75) is 361 Å². The highest BCUT2D eigenvalue weighted by atomic mass is 16.6. The first kappa shape index (κ1) is 72.4. The molecule has 0 amide bonds. The summed E-state index contributed by atoms with van der Waals surface area (Å²) in [5, 5.41) is 0. The standard InChI is InChI=1S/C69H126O6/c1-4-7-10-13-16-19-22-24-26-27-28-29-30-31-32-33-34-35-36-37-38-39-40-41-42-44-45-47-50-53-56-59-62-68(71)74-65-66(64-73-67(70)61-58-55-52-49-21-18-15-12-9-6-3)75-69(72)63-60-57-54-51-48-46-43-25-23-20-17-14-11-8-5-2/h8,11-12,15,17,20,25,43,66H,4-7,9-10,13-14,16,18-19,21-24,26-42,44-65H2,1-3H3/b11-8-,15-12-,20-17-,43-25-. The van der Waals surface area contributed by atoms with Crippen molar-refractivity contribution in [1.82, 2.24) is 0 Å². The second-order valence-electron chi connectivity index (χ2n) is 22.4. The van der Waals surface area contributed by atoms with Crippen LogP contribution in [0, 0.1) is 0 Å². The molecule has 0 bridgehead atoms. The molecule has 0 aromatic carbocycles. The molecule has 0 aliphatic carbocycles. The first-order valence-corrected chi connectivity index (χ1v) is 33.1. The lowest BCUT2D eigenvalue weighted by atomic mass is 10.0. The van der Waals surface area contributed by atoms with Crippen molar-refractivity contribution in [1.29, 1.82) is 0 Å². The molecule has 1 atom stereocenters. The number of allylic oxidation sites excluding steroid dienone is 8. The van der Waals surface area contributed by atoms with Gasteiger partial charge in [-0.25, -0.2) is 0 Å². The van der Waals surface area contributed by atoms with Gasteiger partial charge in [-0.3, -0.25) is 14.4 Å². The lowest BCUT2D eigenvalue weighted by molar-refractivity contribution is -0.167. The van der Waals surface area contributed by atoms with E-state index in [4.69, 9.17) is 14.2 Å². The fourth-order valence-electron chi connectivity index (χ4n) is 9.88. The fraction of sp³-hybridized carbons (Fsp3) is 0.841. The van der Waals surface area contributed by atoms with Gasteiger partial charge in [0.15, 0.2) is 6.10 Å². The molecule has 0 radical (unpaired) electrons. The molecule has 0 heterocycles. The molecule has 0 aliphatic rings. The smallest absolute Gasteiger partial charge is 0.306 e. The summed E-state index contributed by atoms with van der Waals surface area (Å²) in [6, 6.07) is 0. The van der Waals surface area contributed by atoms with Crippen LogP contribution in [0.4, 0.5) is 0 Å². The van der Waals surface area contributed by atoms with Crippen LogP contribution in [0.15, 0.2) is 48.6 Å². The number of ether oxygens (including phenoxy) is 3. The Labute approximate surface area is 467 Å². The van der Waals surface area contributed by atoms with Gasteiger partial charge in [0, 0.05) is 19.3 Å². The normalized spacial score (nSPS) is 12.3. The van der Waals surface area contributed by atoms with E-state index in [1.54, 1.807) is 0 Å². The molecule has 0 saturated heterocycles. The molecule has 0 aromatic heterocycles. The summed E-state index contributed by atoms with van der Waals surface area (Å²) in [6.45, 7) is 6.49. The van der Waals surface area contributed by atoms with Gasteiger partial charge in [-0.05, 0) is 70.6 Å². The molecular formula is C69H126O6. The number of hydrogen-bond donors (Lipinski definition) is 0. The Morgan fingerprint density at radius 1 is 0.280 bits per heavy atom. The van der Waals surface area contributed by atoms with Gasteiger partial charge in [0.2, 0.25) is 0 Å². The van der Waals surface area contributed by atoms with Crippen LogP contribution in [0.5, 0.6) is 0 Å². The van der Waals surface area contributed by atoms with Gasteiger partial charge in [0.05, 0.1) is 0 Å². The minimum absolute atomic E-state index is 0.0800. The third-order valence-corrected chi connectivity index (χ3v) is 14.8. The molecule has 438 valence electrons. The zero-order chi connectivity index (χ0) is 54.3. The van der Waals surface area contributed by atoms with E-state index >= 15 is 0 Å². The maximum absolute atomic E-state index is 12.8. The highest BCUT2D eigenvalue weighted by Gasteiger charge is 2.19. The van der Waals surface area contributed by atoms with E-state index in [1.165, 1.54) is 205 Å². The van der Waals surface area contributed by atoms with E-state index in [-0.39, 0.29) is 31.1 Å². The summed E-state index contributed by atoms with van der Waals surface area (Å²) in [6.07, 6.45) is 80.2. The molecule has 0 N–H and O–H groups in total. The van der Waals surface area contributed by atoms with Crippen LogP contribution in [0.25, 0.3) is 0 Å². The Hall–Kier alpha value is -2.63. The quantitative estimate of drug-likeness (QED) is 0.0261. The van der Waals surface area contributed by atoms with Gasteiger partial charge in [0.1, 0.15) is 13.2 Å². The molecule has 75 heavy (non-hydrogen) atoms. The predicted octanol–water partition coefficient (Wildman–Crippen LogP) is 22.6. The predicted molar refractivity (Wildman–Crippen MR) is 325 cm³/mol. The van der Waals surface area contributed by atoms with Gasteiger partial charge < -0.3 is 14.2 Å². The van der Waals surface area contributed by atoms with Crippen molar-refractivity contribution < 1.29 is 28.6 Å². The molecule has 0 aromatic rings. The second kappa shape index (κ2) is 63.9. The maximum Gasteiger partial charge on any atom is 0.306 e. The number of hydrogen-bond acceptors (Lipinski definition) is 6. The number of carbonyl (C=O) groups excluding carboxylic acids is 3. The van der Waals surface area contributed by atoms with Crippen LogP contribution >= 0.6 is 0 Å². The lowest BCUT2D eigenvalue weighted by Crippen LogP contribution is -2.30. The summed E-state index contributed by atoms with van der Waals surface area (Å²) in [5.74, 6) is -0.892. The number of unbranched alkanes of at least 4 members (excludes halogenated alkanes) is 42. The average molecular weight is 1050 g/mol. The largest absolute Gasteiger partial charge is 0.462 e. The van der Waals surface area contributed by atoms with Crippen molar-refractivity contribution in [3.63, 3.8) is 0 Å². The van der Waals surface area contributed by atoms with Crippen LogP contribution in [0.3, 0.4) is 0 Å². The summed E-state index contributed by atoms with van der Waals surface area (Å²) in [7, 11) is 0. The third kappa shape index (κ3) is 62.1. The molecule has 1 unspecified atom stereocenters. The third-order valence-electron chi connectivity index (χ3n) is 14.8. The van der Waals surface area contributed by atoms with E-state index in [0.717, 1.165) is 109 Å². The van der Waals surface area contributed by atoms with Gasteiger partial charge in [-0.15, -0.1) is 0 Å². The Morgan fingerprint density at radius 3 is 0.880 bits per heavy atom. The van der Waals surface area contributed by atoms with Crippen molar-refractivity contribution in [2.24, 2.45) is 0 Å². The minimum atomic E-state index is -0.784. The van der Waals surface area contributed by atoms with Gasteiger partial charge in [-0.1, -0.05) is 313 Å². The summed E-state index contributed by atoms with van der Waals surface area (Å²) >= 11 is 0. The van der Waals surface area contributed by atoms with Crippen molar-refractivity contribution >= 4 is 17.9 Å². The monoisotopic (exact) mass is 1050 g/mol. The summed E-state index contributed by atoms with van der Waals surface area (Å²) in [4.78, 5) is 38.1. The van der Waals surface area contributed by atoms with Crippen molar-refractivity contribution in [3.8, 4) is 0 Å². The van der Waals surface area contributed by atoms with E-state index in [9.17, 15) is 14.4 Å². The number of esters is 3. The number of carbonyl (C=O) groups is 3. The van der Waals surface area contributed by atoms with Gasteiger partial charge in [0.25, 0.3) is 0 Å². The fourth-order valence-corrected chi connectivity index (χ4v) is 9.88. The number of rotatable bonds is 61. The first-order valence-electron chi connectivity index (χ1n) is 33.1. The first-order chi connectivity index (χ1) is 37.0. The summed E-state index contributed by atoms with van der Waals surface area (Å²) in [5.41, 5.74) is 0. The van der Waals surface area contributed by atoms with Crippen LogP contribution < -0.4 is 0 Å². The highest BCUT2D eigenvalue weighted by molar-refractivity contribution is 5.71. The van der Waals surface area contributed by atoms with Crippen LogP contribution in [0.1, 0.15) is 355 Å². The lowest BCUT2D eigenvalue weighted by Gasteiger charge is -2.18. The van der Waals surface area contributed by atoms with E-state index in [1.807, 2.05) is 0 Å². The zero-order valence-electron chi connectivity index (χ0n) is 50.3. The SMILES string of the molecule is CC/C=C\C/C=C\C/C=C\CCCCCCCC(=O)OC(COC(=O)CCCCCCC/C=C\CCC)COC(=O)CCCCCCCCCCCCCCCCCCCCCCCCCCCCCCCCCC. The molecule has 0 fully saturated rings. The minimum Gasteiger partial charge on any atom is -0.462 e. The molecular weight excluding hydrogens is 925 g/mol. The molecule has 0 saturated carbocycles. The molecule has 6 nitrogen and oxygen atoms in total. The second-order valence-corrected chi connectivity index (χ2v) is 22.4. The van der Waals surface area contributed by atoms with E-state index < -0.39 is 6.10 Å². The van der Waals surface area contributed by atoms with E-state index in [0.29, 0.717) is 19.3 Å². The van der Waals surface area contributed by atoms with Crippen LogP contribution in [0.2, 0.25) is 0 Å². The Morgan fingerprint density at radius 2 is 0.547 bits per heavy atom. The Kier molecular flexibility index (Phi) is 61.7. The Balaban J connectivity index is 4.04. The highest BCUT2D eigenvalue weighted by Crippen LogP contribution is 2.18. The molecule has 0 spiro atoms. The van der Waals surface area contributed by atoms with Gasteiger partial charge in [-0.2, -0.15) is 0 Å². The van der Waals surface area contributed by atoms with Crippen LogP contribution in [-0.4, -0.2) is 37.2 Å². The molecule has 0 aliphatic heterocycles.